The number of hydrogen-bond donors (Lipinski definition) is 1. The van der Waals surface area contributed by atoms with Crippen molar-refractivity contribution >= 4 is 5.91 Å². The van der Waals surface area contributed by atoms with Gasteiger partial charge in [0.15, 0.2) is 0 Å². The maximum absolute atomic E-state index is 12.1. The van der Waals surface area contributed by atoms with Crippen LogP contribution in [-0.2, 0) is 4.79 Å². The molecule has 1 amide bonds. The van der Waals surface area contributed by atoms with Crippen molar-refractivity contribution in [2.75, 3.05) is 26.2 Å². The molecule has 1 aliphatic carbocycles. The zero-order chi connectivity index (χ0) is 11.4. The minimum absolute atomic E-state index is 0.390. The van der Waals surface area contributed by atoms with Crippen molar-refractivity contribution in [3.05, 3.63) is 0 Å². The Kier molecular flexibility index (Phi) is 4.22. The molecule has 0 atom stereocenters. The third-order valence-corrected chi connectivity index (χ3v) is 3.83. The first-order valence-electron chi connectivity index (χ1n) is 6.78. The van der Waals surface area contributed by atoms with Crippen LogP contribution < -0.4 is 5.32 Å². The first-order chi connectivity index (χ1) is 7.79. The van der Waals surface area contributed by atoms with Crippen LogP contribution in [0.5, 0.6) is 0 Å². The van der Waals surface area contributed by atoms with E-state index in [-0.39, 0.29) is 0 Å². The highest BCUT2D eigenvalue weighted by Gasteiger charge is 2.27. The predicted molar refractivity (Wildman–Crippen MR) is 65.2 cm³/mol. The van der Waals surface area contributed by atoms with E-state index >= 15 is 0 Å². The van der Waals surface area contributed by atoms with Gasteiger partial charge < -0.3 is 10.2 Å². The van der Waals surface area contributed by atoms with Gasteiger partial charge in [0.2, 0.25) is 5.91 Å². The van der Waals surface area contributed by atoms with E-state index in [2.05, 4.69) is 17.1 Å². The Morgan fingerprint density at radius 1 is 1.19 bits per heavy atom. The number of piperidine rings is 1. The van der Waals surface area contributed by atoms with Gasteiger partial charge in [0.1, 0.15) is 0 Å². The highest BCUT2D eigenvalue weighted by Crippen LogP contribution is 2.30. The first kappa shape index (κ1) is 11.9. The van der Waals surface area contributed by atoms with Crippen LogP contribution in [0.15, 0.2) is 0 Å². The molecule has 2 aliphatic rings. The zero-order valence-electron chi connectivity index (χ0n) is 10.4. The Labute approximate surface area is 98.6 Å². The molecule has 0 aromatic carbocycles. The molecular weight excluding hydrogens is 200 g/mol. The fraction of sp³-hybridized carbons (Fsp3) is 0.923. The average molecular weight is 224 g/mol. The monoisotopic (exact) mass is 224 g/mol. The van der Waals surface area contributed by atoms with Crippen molar-refractivity contribution in [3.63, 3.8) is 0 Å². The maximum Gasteiger partial charge on any atom is 0.222 e. The highest BCUT2D eigenvalue weighted by molar-refractivity contribution is 5.76. The van der Waals surface area contributed by atoms with E-state index in [1.54, 1.807) is 0 Å². The van der Waals surface area contributed by atoms with E-state index in [1.165, 1.54) is 25.7 Å². The molecule has 0 unspecified atom stereocenters. The molecule has 1 saturated carbocycles. The van der Waals surface area contributed by atoms with E-state index in [0.29, 0.717) is 11.8 Å². The van der Waals surface area contributed by atoms with E-state index in [9.17, 15) is 4.79 Å². The number of amides is 1. The molecule has 1 aliphatic heterocycles. The fourth-order valence-corrected chi connectivity index (χ4v) is 2.48. The number of rotatable bonds is 5. The van der Waals surface area contributed by atoms with Crippen molar-refractivity contribution in [2.24, 2.45) is 11.8 Å². The summed E-state index contributed by atoms with van der Waals surface area (Å²) in [5, 5.41) is 3.35. The van der Waals surface area contributed by atoms with Crippen LogP contribution in [0, 0.1) is 11.8 Å². The largest absolute Gasteiger partial charge is 0.343 e. The van der Waals surface area contributed by atoms with Gasteiger partial charge in [-0.15, -0.1) is 0 Å². The molecule has 0 aromatic heterocycles. The summed E-state index contributed by atoms with van der Waals surface area (Å²) in [6.07, 6.45) is 5.79. The summed E-state index contributed by atoms with van der Waals surface area (Å²) in [5.74, 6) is 1.83. The normalized spacial score (nSPS) is 22.1. The Balaban J connectivity index is 1.74. The predicted octanol–water partition coefficient (Wildman–Crippen LogP) is 1.63. The van der Waals surface area contributed by atoms with Gasteiger partial charge in [-0.25, -0.2) is 0 Å². The van der Waals surface area contributed by atoms with Crippen LogP contribution in [0.3, 0.4) is 0 Å². The van der Waals surface area contributed by atoms with E-state index < -0.39 is 0 Å². The smallest absolute Gasteiger partial charge is 0.222 e. The summed E-state index contributed by atoms with van der Waals surface area (Å²) in [6, 6.07) is 0. The number of carbonyl (C=O) groups is 1. The molecule has 2 rings (SSSR count). The van der Waals surface area contributed by atoms with E-state index in [4.69, 9.17) is 0 Å². The SMILES string of the molecule is CCN(CC1CC1)C(=O)CC1CCNCC1. The third kappa shape index (κ3) is 3.48. The van der Waals surface area contributed by atoms with Gasteiger partial charge >= 0.3 is 0 Å². The summed E-state index contributed by atoms with van der Waals surface area (Å²) in [6.45, 7) is 6.18. The number of carbonyl (C=O) groups excluding carboxylic acids is 1. The molecule has 0 radical (unpaired) electrons. The summed E-state index contributed by atoms with van der Waals surface area (Å²) < 4.78 is 0. The van der Waals surface area contributed by atoms with Gasteiger partial charge in [-0.1, -0.05) is 0 Å². The quantitative estimate of drug-likeness (QED) is 0.770. The molecule has 3 nitrogen and oxygen atoms in total. The highest BCUT2D eigenvalue weighted by atomic mass is 16.2. The molecule has 2 fully saturated rings. The van der Waals surface area contributed by atoms with Gasteiger partial charge in [0, 0.05) is 19.5 Å². The molecule has 1 heterocycles. The third-order valence-electron chi connectivity index (χ3n) is 3.83. The Hall–Kier alpha value is -0.570. The van der Waals surface area contributed by atoms with Crippen LogP contribution in [0.25, 0.3) is 0 Å². The molecule has 1 saturated heterocycles. The molecule has 1 N–H and O–H groups in total. The molecule has 0 bridgehead atoms. The number of nitrogens with one attached hydrogen (secondary N) is 1. The molecule has 0 spiro atoms. The van der Waals surface area contributed by atoms with Crippen molar-refractivity contribution in [3.8, 4) is 0 Å². The second kappa shape index (κ2) is 5.67. The van der Waals surface area contributed by atoms with Gasteiger partial charge in [-0.05, 0) is 57.5 Å². The summed E-state index contributed by atoms with van der Waals surface area (Å²) in [7, 11) is 0. The van der Waals surface area contributed by atoms with Gasteiger partial charge in [-0.2, -0.15) is 0 Å². The lowest BCUT2D eigenvalue weighted by Gasteiger charge is -2.26. The van der Waals surface area contributed by atoms with Crippen LogP contribution in [0.2, 0.25) is 0 Å². The van der Waals surface area contributed by atoms with Gasteiger partial charge in [0.05, 0.1) is 0 Å². The summed E-state index contributed by atoms with van der Waals surface area (Å²) >= 11 is 0. The molecule has 16 heavy (non-hydrogen) atoms. The van der Waals surface area contributed by atoms with Crippen molar-refractivity contribution in [1.82, 2.24) is 10.2 Å². The number of hydrogen-bond acceptors (Lipinski definition) is 2. The Morgan fingerprint density at radius 2 is 1.88 bits per heavy atom. The lowest BCUT2D eigenvalue weighted by Crippen LogP contribution is -2.36. The van der Waals surface area contributed by atoms with Gasteiger partial charge in [-0.3, -0.25) is 4.79 Å². The fourth-order valence-electron chi connectivity index (χ4n) is 2.48. The lowest BCUT2D eigenvalue weighted by molar-refractivity contribution is -0.132. The average Bonchev–Trinajstić information content (AvgIpc) is 3.11. The minimum Gasteiger partial charge on any atom is -0.343 e. The molecule has 0 aromatic rings. The topological polar surface area (TPSA) is 32.3 Å². The van der Waals surface area contributed by atoms with Crippen LogP contribution in [0.1, 0.15) is 39.0 Å². The van der Waals surface area contributed by atoms with Crippen molar-refractivity contribution in [1.29, 1.82) is 0 Å². The van der Waals surface area contributed by atoms with Crippen LogP contribution >= 0.6 is 0 Å². The molecule has 92 valence electrons. The van der Waals surface area contributed by atoms with Crippen LogP contribution in [0.4, 0.5) is 0 Å². The van der Waals surface area contributed by atoms with E-state index in [1.807, 2.05) is 0 Å². The van der Waals surface area contributed by atoms with Crippen molar-refractivity contribution in [2.45, 2.75) is 39.0 Å². The standard InChI is InChI=1S/C13H24N2O/c1-2-15(10-12-3-4-12)13(16)9-11-5-7-14-8-6-11/h11-12,14H,2-10H2,1H3. The summed E-state index contributed by atoms with van der Waals surface area (Å²) in [4.78, 5) is 14.2. The second-order valence-corrected chi connectivity index (χ2v) is 5.27. The Morgan fingerprint density at radius 3 is 2.44 bits per heavy atom. The van der Waals surface area contributed by atoms with E-state index in [0.717, 1.165) is 38.5 Å². The summed E-state index contributed by atoms with van der Waals surface area (Å²) in [5.41, 5.74) is 0. The minimum atomic E-state index is 0.390. The number of nitrogens with zero attached hydrogens (tertiary/aromatic N) is 1. The Bertz CT molecular complexity index is 232. The zero-order valence-corrected chi connectivity index (χ0v) is 10.4. The first-order valence-corrected chi connectivity index (χ1v) is 6.78. The molecular formula is C13H24N2O. The van der Waals surface area contributed by atoms with Crippen molar-refractivity contribution < 1.29 is 4.79 Å². The van der Waals surface area contributed by atoms with Gasteiger partial charge in [0.25, 0.3) is 0 Å². The second-order valence-electron chi connectivity index (χ2n) is 5.27. The maximum atomic E-state index is 12.1. The molecule has 3 heteroatoms. The lowest BCUT2D eigenvalue weighted by atomic mass is 9.94. The van der Waals surface area contributed by atoms with Crippen LogP contribution in [-0.4, -0.2) is 37.0 Å².